The van der Waals surface area contributed by atoms with Gasteiger partial charge in [0.2, 0.25) is 0 Å². The molecule has 1 heterocycles. The Balaban J connectivity index is 1.49. The number of hydrogen-bond donors (Lipinski definition) is 1. The molecular formula is C22H18N2O2S. The number of fused-ring (bicyclic) bond motifs is 1. The first-order valence-corrected chi connectivity index (χ1v) is 9.64. The third-order valence-electron chi connectivity index (χ3n) is 4.15. The monoisotopic (exact) mass is 374 g/mol. The van der Waals surface area contributed by atoms with Crippen LogP contribution in [0.3, 0.4) is 0 Å². The van der Waals surface area contributed by atoms with Crippen LogP contribution in [0.15, 0.2) is 88.8 Å². The number of benzene rings is 3. The predicted molar refractivity (Wildman–Crippen MR) is 109 cm³/mol. The van der Waals surface area contributed by atoms with Gasteiger partial charge in [-0.2, -0.15) is 0 Å². The van der Waals surface area contributed by atoms with Crippen LogP contribution in [0.25, 0.3) is 10.8 Å². The first-order valence-electron chi connectivity index (χ1n) is 8.65. The Bertz CT molecular complexity index is 1100. The van der Waals surface area contributed by atoms with E-state index in [0.29, 0.717) is 10.9 Å². The number of nitrogens with zero attached hydrogens (tertiary/aromatic N) is 1. The molecule has 0 saturated carbocycles. The lowest BCUT2D eigenvalue weighted by Crippen LogP contribution is -2.11. The molecule has 3 aromatic carbocycles. The Kier molecular flexibility index (Phi) is 5.21. The second-order valence-corrected chi connectivity index (χ2v) is 7.03. The summed E-state index contributed by atoms with van der Waals surface area (Å²) in [6.07, 6.45) is 0. The number of aromatic nitrogens is 2. The lowest BCUT2D eigenvalue weighted by atomic mass is 10.1. The van der Waals surface area contributed by atoms with Crippen molar-refractivity contribution in [2.75, 3.05) is 0 Å². The number of ether oxygens (including phenoxy) is 1. The summed E-state index contributed by atoms with van der Waals surface area (Å²) >= 11 is 1.52. The maximum atomic E-state index is 12.0. The molecule has 0 radical (unpaired) electrons. The molecule has 0 unspecified atom stereocenters. The molecule has 0 aliphatic heterocycles. The lowest BCUT2D eigenvalue weighted by molar-refractivity contribution is 0.299. The second kappa shape index (κ2) is 8.10. The zero-order valence-corrected chi connectivity index (χ0v) is 15.4. The van der Waals surface area contributed by atoms with Gasteiger partial charge in [-0.25, -0.2) is 4.98 Å². The molecule has 0 aliphatic carbocycles. The van der Waals surface area contributed by atoms with E-state index in [-0.39, 0.29) is 12.2 Å². The van der Waals surface area contributed by atoms with Gasteiger partial charge in [0.05, 0.1) is 5.69 Å². The van der Waals surface area contributed by atoms with Crippen LogP contribution < -0.4 is 10.3 Å². The molecule has 0 saturated heterocycles. The van der Waals surface area contributed by atoms with Crippen LogP contribution in [0.4, 0.5) is 0 Å². The van der Waals surface area contributed by atoms with E-state index in [1.165, 1.54) is 34.2 Å². The topological polar surface area (TPSA) is 55.0 Å². The van der Waals surface area contributed by atoms with Crippen LogP contribution in [-0.4, -0.2) is 9.97 Å². The van der Waals surface area contributed by atoms with Crippen molar-refractivity contribution in [3.63, 3.8) is 0 Å². The van der Waals surface area contributed by atoms with Gasteiger partial charge >= 0.3 is 0 Å². The van der Waals surface area contributed by atoms with Gasteiger partial charge < -0.3 is 9.72 Å². The van der Waals surface area contributed by atoms with E-state index in [4.69, 9.17) is 4.74 Å². The summed E-state index contributed by atoms with van der Waals surface area (Å²) in [6, 6.07) is 25.5. The van der Waals surface area contributed by atoms with Gasteiger partial charge in [-0.3, -0.25) is 4.79 Å². The van der Waals surface area contributed by atoms with Gasteiger partial charge in [-0.1, -0.05) is 72.4 Å². The predicted octanol–water partition coefficient (Wildman–Crippen LogP) is 4.79. The van der Waals surface area contributed by atoms with Gasteiger partial charge in [-0.05, 0) is 28.5 Å². The van der Waals surface area contributed by atoms with Gasteiger partial charge in [0.25, 0.3) is 5.56 Å². The van der Waals surface area contributed by atoms with Crippen molar-refractivity contribution >= 4 is 22.5 Å². The summed E-state index contributed by atoms with van der Waals surface area (Å²) < 4.78 is 5.70. The van der Waals surface area contributed by atoms with Crippen molar-refractivity contribution in [3.8, 4) is 5.75 Å². The molecule has 4 aromatic rings. The normalized spacial score (nSPS) is 10.8. The first-order chi connectivity index (χ1) is 13.3. The fourth-order valence-corrected chi connectivity index (χ4v) is 3.76. The molecule has 1 aromatic heterocycles. The van der Waals surface area contributed by atoms with E-state index in [2.05, 4.69) is 40.3 Å². The average Bonchev–Trinajstić information content (AvgIpc) is 2.71. The summed E-state index contributed by atoms with van der Waals surface area (Å²) in [5.74, 6) is 1.48. The number of rotatable bonds is 6. The Labute approximate surface area is 161 Å². The van der Waals surface area contributed by atoms with Crippen molar-refractivity contribution in [2.45, 2.75) is 17.5 Å². The van der Waals surface area contributed by atoms with Gasteiger partial charge in [0, 0.05) is 11.8 Å². The molecule has 0 amide bonds. The maximum absolute atomic E-state index is 12.0. The fourth-order valence-electron chi connectivity index (χ4n) is 2.86. The summed E-state index contributed by atoms with van der Waals surface area (Å²) in [7, 11) is 0. The number of thioether (sulfide) groups is 1. The number of hydrogen-bond acceptors (Lipinski definition) is 4. The highest BCUT2D eigenvalue weighted by atomic mass is 32.2. The number of aromatic amines is 1. The molecule has 1 N–H and O–H groups in total. The molecular weight excluding hydrogens is 356 g/mol. The molecule has 0 atom stereocenters. The average molecular weight is 374 g/mol. The first kappa shape index (κ1) is 17.4. The largest absolute Gasteiger partial charge is 0.487 e. The van der Waals surface area contributed by atoms with Crippen molar-refractivity contribution in [2.24, 2.45) is 0 Å². The number of nitrogens with one attached hydrogen (secondary N) is 1. The SMILES string of the molecule is O=c1cc(COc2ccccc2)nc(SCc2cccc3ccccc23)[nH]1. The summed E-state index contributed by atoms with van der Waals surface area (Å²) in [5, 5.41) is 3.03. The Hall–Kier alpha value is -3.05. The van der Waals surface area contributed by atoms with Crippen LogP contribution >= 0.6 is 11.8 Å². The lowest BCUT2D eigenvalue weighted by Gasteiger charge is -2.08. The summed E-state index contributed by atoms with van der Waals surface area (Å²) in [4.78, 5) is 19.3. The third kappa shape index (κ3) is 4.38. The quantitative estimate of drug-likeness (QED) is 0.389. The second-order valence-electron chi connectivity index (χ2n) is 6.07. The van der Waals surface area contributed by atoms with E-state index in [9.17, 15) is 4.79 Å². The van der Waals surface area contributed by atoms with Crippen molar-refractivity contribution in [3.05, 3.63) is 100 Å². The number of para-hydroxylation sites is 1. The van der Waals surface area contributed by atoms with Crippen molar-refractivity contribution < 1.29 is 4.74 Å². The molecule has 4 rings (SSSR count). The fraction of sp³-hybridized carbons (Fsp3) is 0.0909. The highest BCUT2D eigenvalue weighted by molar-refractivity contribution is 7.98. The van der Waals surface area contributed by atoms with Crippen molar-refractivity contribution in [1.29, 1.82) is 0 Å². The van der Waals surface area contributed by atoms with Crippen LogP contribution in [0.5, 0.6) is 5.75 Å². The maximum Gasteiger partial charge on any atom is 0.251 e. The van der Waals surface area contributed by atoms with E-state index in [0.717, 1.165) is 11.5 Å². The minimum Gasteiger partial charge on any atom is -0.487 e. The van der Waals surface area contributed by atoms with Crippen molar-refractivity contribution in [1.82, 2.24) is 9.97 Å². The smallest absolute Gasteiger partial charge is 0.251 e. The van der Waals surface area contributed by atoms with Crippen LogP contribution in [0.1, 0.15) is 11.3 Å². The highest BCUT2D eigenvalue weighted by Gasteiger charge is 2.06. The molecule has 4 nitrogen and oxygen atoms in total. The van der Waals surface area contributed by atoms with Crippen LogP contribution in [0.2, 0.25) is 0 Å². The minimum atomic E-state index is -0.169. The van der Waals surface area contributed by atoms with E-state index in [1.54, 1.807) is 0 Å². The molecule has 0 fully saturated rings. The van der Waals surface area contributed by atoms with E-state index >= 15 is 0 Å². The van der Waals surface area contributed by atoms with Crippen LogP contribution in [-0.2, 0) is 12.4 Å². The molecule has 0 spiro atoms. The zero-order chi connectivity index (χ0) is 18.5. The summed E-state index contributed by atoms with van der Waals surface area (Å²) in [6.45, 7) is 0.260. The standard InChI is InChI=1S/C22H18N2O2S/c25-21-13-18(14-26-19-10-2-1-3-11-19)23-22(24-21)27-15-17-9-6-8-16-7-4-5-12-20(16)17/h1-13H,14-15H2,(H,23,24,25). The van der Waals surface area contributed by atoms with Gasteiger partial charge in [0.1, 0.15) is 12.4 Å². The molecule has 0 aliphatic rings. The molecule has 27 heavy (non-hydrogen) atoms. The Morgan fingerprint density at radius 2 is 1.70 bits per heavy atom. The number of H-pyrrole nitrogens is 1. The van der Waals surface area contributed by atoms with E-state index in [1.807, 2.05) is 42.5 Å². The molecule has 0 bridgehead atoms. The summed E-state index contributed by atoms with van der Waals surface area (Å²) in [5.41, 5.74) is 1.66. The van der Waals surface area contributed by atoms with Gasteiger partial charge in [0.15, 0.2) is 5.16 Å². The highest BCUT2D eigenvalue weighted by Crippen LogP contribution is 2.25. The Morgan fingerprint density at radius 1 is 0.926 bits per heavy atom. The van der Waals surface area contributed by atoms with E-state index < -0.39 is 0 Å². The minimum absolute atomic E-state index is 0.169. The molecule has 134 valence electrons. The van der Waals surface area contributed by atoms with Crippen LogP contribution in [0, 0.1) is 0 Å². The Morgan fingerprint density at radius 3 is 2.59 bits per heavy atom. The van der Waals surface area contributed by atoms with Gasteiger partial charge in [-0.15, -0.1) is 0 Å². The zero-order valence-electron chi connectivity index (χ0n) is 14.6. The third-order valence-corrected chi connectivity index (χ3v) is 5.07. The molecule has 5 heteroatoms.